The van der Waals surface area contributed by atoms with E-state index in [1.165, 1.54) is 25.8 Å². The van der Waals surface area contributed by atoms with E-state index in [9.17, 15) is 0 Å². The van der Waals surface area contributed by atoms with E-state index >= 15 is 0 Å². The van der Waals surface area contributed by atoms with Crippen LogP contribution in [0.25, 0.3) is 0 Å². The number of aryl methyl sites for hydroxylation is 1. The SMILES string of the molecule is CCN(Cc1nc(C)cc(N)n1)CC1CCC1. The van der Waals surface area contributed by atoms with Gasteiger partial charge in [0.15, 0.2) is 0 Å². The lowest BCUT2D eigenvalue weighted by Crippen LogP contribution is -2.32. The number of nitrogens with two attached hydrogens (primary N) is 1. The van der Waals surface area contributed by atoms with Gasteiger partial charge in [0.05, 0.1) is 6.54 Å². The van der Waals surface area contributed by atoms with Crippen LogP contribution in [0.4, 0.5) is 5.82 Å². The molecule has 0 bridgehead atoms. The molecule has 4 nitrogen and oxygen atoms in total. The fraction of sp³-hybridized carbons (Fsp3) is 0.692. The molecular formula is C13H22N4. The second-order valence-corrected chi connectivity index (χ2v) is 4.98. The van der Waals surface area contributed by atoms with Gasteiger partial charge in [-0.1, -0.05) is 13.3 Å². The summed E-state index contributed by atoms with van der Waals surface area (Å²) in [5, 5.41) is 0. The maximum atomic E-state index is 5.75. The molecule has 1 saturated carbocycles. The standard InChI is InChI=1S/C13H22N4/c1-3-17(8-11-5-4-6-11)9-13-15-10(2)7-12(14)16-13/h7,11H,3-6,8-9H2,1-2H3,(H2,14,15,16). The first-order valence-corrected chi connectivity index (χ1v) is 6.49. The van der Waals surface area contributed by atoms with Crippen molar-refractivity contribution in [2.75, 3.05) is 18.8 Å². The van der Waals surface area contributed by atoms with Crippen LogP contribution in [0.15, 0.2) is 6.07 Å². The van der Waals surface area contributed by atoms with Gasteiger partial charge in [-0.3, -0.25) is 4.90 Å². The van der Waals surface area contributed by atoms with Crippen LogP contribution in [-0.4, -0.2) is 28.0 Å². The Bertz CT molecular complexity index is 353. The van der Waals surface area contributed by atoms with Crippen LogP contribution in [0.2, 0.25) is 0 Å². The maximum absolute atomic E-state index is 5.75. The lowest BCUT2D eigenvalue weighted by atomic mass is 9.85. The zero-order valence-electron chi connectivity index (χ0n) is 10.8. The van der Waals surface area contributed by atoms with Crippen LogP contribution in [0, 0.1) is 12.8 Å². The van der Waals surface area contributed by atoms with Gasteiger partial charge in [0.25, 0.3) is 0 Å². The molecule has 0 aliphatic heterocycles. The Morgan fingerprint density at radius 2 is 2.18 bits per heavy atom. The summed E-state index contributed by atoms with van der Waals surface area (Å²) in [6.07, 6.45) is 4.16. The molecule has 0 atom stereocenters. The second-order valence-electron chi connectivity index (χ2n) is 4.98. The Balaban J connectivity index is 1.96. The highest BCUT2D eigenvalue weighted by atomic mass is 15.1. The largest absolute Gasteiger partial charge is 0.384 e. The van der Waals surface area contributed by atoms with Crippen molar-refractivity contribution in [2.45, 2.75) is 39.7 Å². The van der Waals surface area contributed by atoms with Crippen LogP contribution in [0.1, 0.15) is 37.7 Å². The smallest absolute Gasteiger partial charge is 0.144 e. The molecule has 4 heteroatoms. The van der Waals surface area contributed by atoms with Gasteiger partial charge in [0, 0.05) is 18.3 Å². The molecule has 1 aliphatic rings. The molecule has 0 saturated heterocycles. The van der Waals surface area contributed by atoms with E-state index in [2.05, 4.69) is 21.8 Å². The monoisotopic (exact) mass is 234 g/mol. The van der Waals surface area contributed by atoms with Gasteiger partial charge in [-0.2, -0.15) is 0 Å². The highest BCUT2D eigenvalue weighted by Crippen LogP contribution is 2.27. The van der Waals surface area contributed by atoms with Gasteiger partial charge in [-0.05, 0) is 32.2 Å². The molecule has 1 heterocycles. The van der Waals surface area contributed by atoms with E-state index in [0.717, 1.165) is 30.5 Å². The number of hydrogen-bond acceptors (Lipinski definition) is 4. The highest BCUT2D eigenvalue weighted by molar-refractivity contribution is 5.29. The van der Waals surface area contributed by atoms with Gasteiger partial charge < -0.3 is 5.73 Å². The van der Waals surface area contributed by atoms with E-state index in [4.69, 9.17) is 5.73 Å². The summed E-state index contributed by atoms with van der Waals surface area (Å²) < 4.78 is 0. The minimum absolute atomic E-state index is 0.576. The van der Waals surface area contributed by atoms with Crippen molar-refractivity contribution in [3.8, 4) is 0 Å². The average Bonchev–Trinajstić information content (AvgIpc) is 2.20. The highest BCUT2D eigenvalue weighted by Gasteiger charge is 2.20. The minimum atomic E-state index is 0.576. The van der Waals surface area contributed by atoms with Crippen molar-refractivity contribution in [3.63, 3.8) is 0 Å². The van der Waals surface area contributed by atoms with Gasteiger partial charge >= 0.3 is 0 Å². The summed E-state index contributed by atoms with van der Waals surface area (Å²) >= 11 is 0. The zero-order valence-corrected chi connectivity index (χ0v) is 10.8. The van der Waals surface area contributed by atoms with Gasteiger partial charge in [-0.25, -0.2) is 9.97 Å². The van der Waals surface area contributed by atoms with Gasteiger partial charge in [0.2, 0.25) is 0 Å². The molecule has 1 aromatic heterocycles. The van der Waals surface area contributed by atoms with E-state index < -0.39 is 0 Å². The first-order valence-electron chi connectivity index (χ1n) is 6.49. The molecule has 17 heavy (non-hydrogen) atoms. The number of anilines is 1. The van der Waals surface area contributed by atoms with Crippen molar-refractivity contribution < 1.29 is 0 Å². The maximum Gasteiger partial charge on any atom is 0.144 e. The molecular weight excluding hydrogens is 212 g/mol. The summed E-state index contributed by atoms with van der Waals surface area (Å²) in [7, 11) is 0. The van der Waals surface area contributed by atoms with Crippen LogP contribution < -0.4 is 5.73 Å². The van der Waals surface area contributed by atoms with Crippen LogP contribution >= 0.6 is 0 Å². The van der Waals surface area contributed by atoms with Crippen LogP contribution in [-0.2, 0) is 6.54 Å². The van der Waals surface area contributed by atoms with Crippen LogP contribution in [0.3, 0.4) is 0 Å². The number of nitrogens with zero attached hydrogens (tertiary/aromatic N) is 3. The zero-order chi connectivity index (χ0) is 12.3. The lowest BCUT2D eigenvalue weighted by molar-refractivity contribution is 0.175. The van der Waals surface area contributed by atoms with Crippen molar-refractivity contribution in [1.82, 2.24) is 14.9 Å². The number of nitrogen functional groups attached to an aromatic ring is 1. The Hall–Kier alpha value is -1.16. The number of hydrogen-bond donors (Lipinski definition) is 1. The predicted octanol–water partition coefficient (Wildman–Crippen LogP) is 1.99. The van der Waals surface area contributed by atoms with Crippen molar-refractivity contribution in [1.29, 1.82) is 0 Å². The van der Waals surface area contributed by atoms with Crippen LogP contribution in [0.5, 0.6) is 0 Å². The molecule has 94 valence electrons. The van der Waals surface area contributed by atoms with Crippen molar-refractivity contribution >= 4 is 5.82 Å². The normalized spacial score (nSPS) is 16.2. The van der Waals surface area contributed by atoms with E-state index in [1.807, 2.05) is 13.0 Å². The summed E-state index contributed by atoms with van der Waals surface area (Å²) in [5.74, 6) is 2.31. The molecule has 0 amide bonds. The summed E-state index contributed by atoms with van der Waals surface area (Å²) in [6.45, 7) is 7.20. The fourth-order valence-corrected chi connectivity index (χ4v) is 2.27. The molecule has 0 radical (unpaired) electrons. The Morgan fingerprint density at radius 1 is 1.41 bits per heavy atom. The Labute approximate surface area is 103 Å². The Morgan fingerprint density at radius 3 is 2.71 bits per heavy atom. The van der Waals surface area contributed by atoms with E-state index in [1.54, 1.807) is 0 Å². The van der Waals surface area contributed by atoms with Gasteiger partial charge in [-0.15, -0.1) is 0 Å². The van der Waals surface area contributed by atoms with Crippen molar-refractivity contribution in [2.24, 2.45) is 5.92 Å². The summed E-state index contributed by atoms with van der Waals surface area (Å²) in [4.78, 5) is 11.2. The molecule has 0 aromatic carbocycles. The molecule has 1 fully saturated rings. The molecule has 1 aliphatic carbocycles. The number of aromatic nitrogens is 2. The third-order valence-corrected chi connectivity index (χ3v) is 3.47. The minimum Gasteiger partial charge on any atom is -0.384 e. The lowest BCUT2D eigenvalue weighted by Gasteiger charge is -2.31. The third kappa shape index (κ3) is 3.40. The molecule has 2 rings (SSSR count). The molecule has 0 spiro atoms. The second kappa shape index (κ2) is 5.45. The van der Waals surface area contributed by atoms with E-state index in [0.29, 0.717) is 5.82 Å². The fourth-order valence-electron chi connectivity index (χ4n) is 2.27. The third-order valence-electron chi connectivity index (χ3n) is 3.47. The topological polar surface area (TPSA) is 55.0 Å². The molecule has 2 N–H and O–H groups in total. The molecule has 1 aromatic rings. The number of rotatable bonds is 5. The first kappa shape index (κ1) is 12.3. The Kier molecular flexibility index (Phi) is 3.94. The van der Waals surface area contributed by atoms with E-state index in [-0.39, 0.29) is 0 Å². The van der Waals surface area contributed by atoms with Crippen molar-refractivity contribution in [3.05, 3.63) is 17.6 Å². The predicted molar refractivity (Wildman–Crippen MR) is 69.5 cm³/mol. The average molecular weight is 234 g/mol. The summed E-state index contributed by atoms with van der Waals surface area (Å²) in [5.41, 5.74) is 6.70. The summed E-state index contributed by atoms with van der Waals surface area (Å²) in [6, 6.07) is 1.81. The quantitative estimate of drug-likeness (QED) is 0.846. The molecule has 0 unspecified atom stereocenters. The first-order chi connectivity index (χ1) is 8.17. The van der Waals surface area contributed by atoms with Gasteiger partial charge in [0.1, 0.15) is 11.6 Å².